The molecule has 5 nitrogen and oxygen atoms in total. The third kappa shape index (κ3) is 5.71. The van der Waals surface area contributed by atoms with Crippen LogP contribution >= 0.6 is 11.6 Å². The van der Waals surface area contributed by atoms with Crippen molar-refractivity contribution in [3.63, 3.8) is 0 Å². The maximum absolute atomic E-state index is 13.6. The van der Waals surface area contributed by atoms with Crippen molar-refractivity contribution in [3.8, 4) is 0 Å². The number of nitrogens with zero attached hydrogens (tertiary/aromatic N) is 1. The van der Waals surface area contributed by atoms with Gasteiger partial charge in [-0.1, -0.05) is 24.4 Å². The largest absolute Gasteiger partial charge is 0.391 e. The molecule has 0 unspecified atom stereocenters. The van der Waals surface area contributed by atoms with Crippen LogP contribution in [0.3, 0.4) is 0 Å². The van der Waals surface area contributed by atoms with Crippen molar-refractivity contribution in [1.29, 1.82) is 0 Å². The Bertz CT molecular complexity index is 919. The molecule has 2 aromatic rings. The molecule has 0 spiro atoms. The Morgan fingerprint density at radius 1 is 1.07 bits per heavy atom. The number of rotatable bonds is 3. The van der Waals surface area contributed by atoms with Gasteiger partial charge in [-0.2, -0.15) is 4.99 Å². The summed E-state index contributed by atoms with van der Waals surface area (Å²) in [6, 6.07) is 6.01. The summed E-state index contributed by atoms with van der Waals surface area (Å²) in [5, 5.41) is 16.0. The summed E-state index contributed by atoms with van der Waals surface area (Å²) in [6.07, 6.45) is 2.35. The molecule has 0 aliphatic heterocycles. The molecule has 0 heterocycles. The Balaban J connectivity index is 1.88. The molecule has 0 radical (unpaired) electrons. The van der Waals surface area contributed by atoms with E-state index in [0.717, 1.165) is 43.2 Å². The van der Waals surface area contributed by atoms with Crippen LogP contribution in [0.15, 0.2) is 41.4 Å². The van der Waals surface area contributed by atoms with Gasteiger partial charge >= 0.3 is 0 Å². The van der Waals surface area contributed by atoms with Crippen molar-refractivity contribution in [2.75, 3.05) is 5.32 Å². The van der Waals surface area contributed by atoms with Crippen LogP contribution in [0.25, 0.3) is 0 Å². The lowest BCUT2D eigenvalue weighted by Gasteiger charge is -2.29. The highest BCUT2D eigenvalue weighted by Gasteiger charge is 2.24. The third-order valence-electron chi connectivity index (χ3n) is 4.56. The van der Waals surface area contributed by atoms with E-state index >= 15 is 0 Å². The van der Waals surface area contributed by atoms with E-state index in [2.05, 4.69) is 15.6 Å². The first kappa shape index (κ1) is 21.1. The van der Waals surface area contributed by atoms with Crippen LogP contribution in [0.1, 0.15) is 36.0 Å². The zero-order valence-electron chi connectivity index (χ0n) is 15.3. The number of hydrogen-bond donors (Lipinski definition) is 3. The number of carbonyl (C=O) groups excluding carboxylic acids is 1. The minimum atomic E-state index is -1.17. The van der Waals surface area contributed by atoms with Gasteiger partial charge in [-0.05, 0) is 49.2 Å². The fourth-order valence-corrected chi connectivity index (χ4v) is 3.33. The number of halogens is 4. The number of aliphatic hydroxyl groups is 1. The van der Waals surface area contributed by atoms with Crippen LogP contribution in [0.5, 0.6) is 0 Å². The zero-order valence-corrected chi connectivity index (χ0v) is 16.0. The van der Waals surface area contributed by atoms with Gasteiger partial charge in [0.2, 0.25) is 5.96 Å². The van der Waals surface area contributed by atoms with Crippen LogP contribution in [0.2, 0.25) is 5.02 Å². The van der Waals surface area contributed by atoms with E-state index in [4.69, 9.17) is 11.6 Å². The quantitative estimate of drug-likeness (QED) is 0.507. The molecule has 2 aromatic carbocycles. The summed E-state index contributed by atoms with van der Waals surface area (Å²) in [5.74, 6) is -3.75. The fourth-order valence-electron chi connectivity index (χ4n) is 3.11. The summed E-state index contributed by atoms with van der Waals surface area (Å²) < 4.78 is 40.2. The summed E-state index contributed by atoms with van der Waals surface area (Å²) in [5.41, 5.74) is 0.0658. The standard InChI is InChI=1S/C20H19ClF3N3O2/c21-12-8-13(22)10-14(9-12)25-20(26-17-3-1-2-4-18(17)28)27-19(29)11-5-6-15(23)16(24)7-11/h5-10,17-18,28H,1-4H2,(H2,25,26,27,29)/t17-,18+/m0/s1. The van der Waals surface area contributed by atoms with E-state index in [0.29, 0.717) is 12.8 Å². The third-order valence-corrected chi connectivity index (χ3v) is 4.78. The molecule has 154 valence electrons. The smallest absolute Gasteiger partial charge is 0.280 e. The molecule has 3 N–H and O–H groups in total. The Morgan fingerprint density at radius 3 is 2.52 bits per heavy atom. The maximum Gasteiger partial charge on any atom is 0.280 e. The molecule has 1 saturated carbocycles. The maximum atomic E-state index is 13.6. The van der Waals surface area contributed by atoms with Gasteiger partial charge in [0, 0.05) is 16.3 Å². The number of carbonyl (C=O) groups is 1. The molecule has 9 heteroatoms. The SMILES string of the molecule is O=C(/N=C(/Nc1cc(F)cc(Cl)c1)N[C@H]1CCCC[C@H]1O)c1ccc(F)c(F)c1. The van der Waals surface area contributed by atoms with Gasteiger partial charge < -0.3 is 15.7 Å². The lowest BCUT2D eigenvalue weighted by atomic mass is 9.93. The van der Waals surface area contributed by atoms with Crippen LogP contribution in [-0.2, 0) is 0 Å². The molecule has 1 amide bonds. The number of anilines is 1. The highest BCUT2D eigenvalue weighted by Crippen LogP contribution is 2.20. The number of nitrogens with one attached hydrogen (secondary N) is 2. The predicted octanol–water partition coefficient (Wildman–Crippen LogP) is 4.26. The summed E-state index contributed by atoms with van der Waals surface area (Å²) >= 11 is 5.86. The Kier molecular flexibility index (Phi) is 6.76. The Hall–Kier alpha value is -2.58. The number of aliphatic hydroxyl groups excluding tert-OH is 1. The van der Waals surface area contributed by atoms with E-state index in [1.165, 1.54) is 6.07 Å². The van der Waals surface area contributed by atoms with Crippen LogP contribution in [0.4, 0.5) is 18.9 Å². The molecule has 0 bridgehead atoms. The Morgan fingerprint density at radius 2 is 1.83 bits per heavy atom. The monoisotopic (exact) mass is 425 g/mol. The van der Waals surface area contributed by atoms with Crippen molar-refractivity contribution >= 4 is 29.2 Å². The highest BCUT2D eigenvalue weighted by molar-refractivity contribution is 6.31. The number of amides is 1. The number of hydrogen-bond acceptors (Lipinski definition) is 2. The molecule has 3 rings (SSSR count). The second-order valence-electron chi connectivity index (χ2n) is 6.78. The first-order valence-corrected chi connectivity index (χ1v) is 9.45. The van der Waals surface area contributed by atoms with Crippen LogP contribution in [-0.4, -0.2) is 29.1 Å². The van der Waals surface area contributed by atoms with E-state index in [-0.39, 0.29) is 28.3 Å². The average Bonchev–Trinajstić information content (AvgIpc) is 2.65. The fraction of sp³-hybridized carbons (Fsp3) is 0.300. The van der Waals surface area contributed by atoms with Gasteiger partial charge in [0.25, 0.3) is 5.91 Å². The lowest BCUT2D eigenvalue weighted by Crippen LogP contribution is -2.47. The number of guanidine groups is 1. The first-order valence-electron chi connectivity index (χ1n) is 9.07. The van der Waals surface area contributed by atoms with Crippen molar-refractivity contribution in [2.24, 2.45) is 4.99 Å². The number of benzene rings is 2. The molecular weight excluding hydrogens is 407 g/mol. The highest BCUT2D eigenvalue weighted by atomic mass is 35.5. The molecule has 2 atom stereocenters. The molecule has 0 saturated heterocycles. The van der Waals surface area contributed by atoms with Gasteiger partial charge in [-0.15, -0.1) is 0 Å². The summed E-state index contributed by atoms with van der Waals surface area (Å²) in [7, 11) is 0. The molecule has 0 aromatic heterocycles. The molecule has 1 fully saturated rings. The first-order chi connectivity index (χ1) is 13.8. The van der Waals surface area contributed by atoms with Crippen LogP contribution < -0.4 is 10.6 Å². The minimum absolute atomic E-state index is 0.0626. The van der Waals surface area contributed by atoms with E-state index in [1.54, 1.807) is 0 Å². The minimum Gasteiger partial charge on any atom is -0.391 e. The van der Waals surface area contributed by atoms with Gasteiger partial charge in [0.15, 0.2) is 11.6 Å². The van der Waals surface area contributed by atoms with Crippen molar-refractivity contribution in [1.82, 2.24) is 5.32 Å². The average molecular weight is 426 g/mol. The zero-order chi connectivity index (χ0) is 21.0. The summed E-state index contributed by atoms with van der Waals surface area (Å²) in [6.45, 7) is 0. The second-order valence-corrected chi connectivity index (χ2v) is 7.22. The topological polar surface area (TPSA) is 73.7 Å². The van der Waals surface area contributed by atoms with E-state index in [9.17, 15) is 23.1 Å². The lowest BCUT2D eigenvalue weighted by molar-refractivity contribution is 0.0975. The van der Waals surface area contributed by atoms with Crippen molar-refractivity contribution in [2.45, 2.75) is 37.8 Å². The number of aliphatic imine (C=N–C) groups is 1. The van der Waals surface area contributed by atoms with Gasteiger partial charge in [0.1, 0.15) is 5.82 Å². The molecule has 1 aliphatic rings. The van der Waals surface area contributed by atoms with E-state index < -0.39 is 29.5 Å². The predicted molar refractivity (Wildman–Crippen MR) is 105 cm³/mol. The molecule has 1 aliphatic carbocycles. The molecule has 29 heavy (non-hydrogen) atoms. The van der Waals surface area contributed by atoms with Crippen molar-refractivity contribution in [3.05, 3.63) is 64.4 Å². The second kappa shape index (κ2) is 9.28. The van der Waals surface area contributed by atoms with E-state index in [1.807, 2.05) is 0 Å². The van der Waals surface area contributed by atoms with Gasteiger partial charge in [-0.3, -0.25) is 4.79 Å². The summed E-state index contributed by atoms with van der Waals surface area (Å²) in [4.78, 5) is 16.3. The normalized spacial score (nSPS) is 19.7. The van der Waals surface area contributed by atoms with Crippen LogP contribution in [0, 0.1) is 17.5 Å². The van der Waals surface area contributed by atoms with Crippen molar-refractivity contribution < 1.29 is 23.1 Å². The van der Waals surface area contributed by atoms with Gasteiger partial charge in [-0.25, -0.2) is 13.2 Å². The molecular formula is C20H19ClF3N3O2. The Labute approximate surface area is 170 Å². The van der Waals surface area contributed by atoms with Gasteiger partial charge in [0.05, 0.1) is 12.1 Å².